The fourth-order valence-electron chi connectivity index (χ4n) is 3.19. The van der Waals surface area contributed by atoms with Crippen molar-refractivity contribution in [2.75, 3.05) is 25.5 Å². The monoisotopic (exact) mass is 518 g/mol. The van der Waals surface area contributed by atoms with Gasteiger partial charge < -0.3 is 25.4 Å². The fraction of sp³-hybridized carbons (Fsp3) is 0.536. The molecule has 8 nitrogen and oxygen atoms in total. The van der Waals surface area contributed by atoms with Gasteiger partial charge in [-0.25, -0.2) is 4.39 Å². The van der Waals surface area contributed by atoms with Crippen molar-refractivity contribution >= 4 is 18.0 Å². The third kappa shape index (κ3) is 15.0. The molecule has 2 heterocycles. The van der Waals surface area contributed by atoms with Gasteiger partial charge in [-0.3, -0.25) is 14.6 Å². The maximum Gasteiger partial charge on any atom is 0.253 e. The van der Waals surface area contributed by atoms with E-state index in [0.717, 1.165) is 63.0 Å². The van der Waals surface area contributed by atoms with Gasteiger partial charge in [0, 0.05) is 30.2 Å². The second-order valence-electron chi connectivity index (χ2n) is 8.49. The molecular formula is C28H43FN4O4. The molecule has 2 amide bonds. The number of ether oxygens (including phenoxy) is 2. The lowest BCUT2D eigenvalue weighted by Crippen LogP contribution is -2.27. The van der Waals surface area contributed by atoms with Crippen LogP contribution in [0, 0.1) is 12.7 Å². The molecule has 1 aromatic carbocycles. The zero-order chi connectivity index (χ0) is 27.5. The van der Waals surface area contributed by atoms with E-state index in [1.165, 1.54) is 12.1 Å². The van der Waals surface area contributed by atoms with Crippen molar-refractivity contribution in [3.05, 3.63) is 54.1 Å². The predicted octanol–water partition coefficient (Wildman–Crippen LogP) is 4.63. The van der Waals surface area contributed by atoms with Crippen molar-refractivity contribution in [3.63, 3.8) is 0 Å². The van der Waals surface area contributed by atoms with Crippen molar-refractivity contribution in [1.82, 2.24) is 15.6 Å². The highest BCUT2D eigenvalue weighted by Crippen LogP contribution is 2.26. The summed E-state index contributed by atoms with van der Waals surface area (Å²) in [6.07, 6.45) is 7.60. The van der Waals surface area contributed by atoms with Gasteiger partial charge in [0.25, 0.3) is 5.91 Å². The minimum absolute atomic E-state index is 0.0602. The number of rotatable bonds is 9. The zero-order valence-corrected chi connectivity index (χ0v) is 22.8. The van der Waals surface area contributed by atoms with Gasteiger partial charge in [0.1, 0.15) is 17.7 Å². The van der Waals surface area contributed by atoms with Gasteiger partial charge in [0.05, 0.1) is 12.2 Å². The summed E-state index contributed by atoms with van der Waals surface area (Å²) in [5.41, 5.74) is 1.67. The van der Waals surface area contributed by atoms with Gasteiger partial charge in [-0.2, -0.15) is 0 Å². The van der Waals surface area contributed by atoms with E-state index in [2.05, 4.69) is 20.9 Å². The molecule has 3 N–H and O–H groups in total. The van der Waals surface area contributed by atoms with Crippen LogP contribution in [0.2, 0.25) is 0 Å². The van der Waals surface area contributed by atoms with Gasteiger partial charge >= 0.3 is 0 Å². The Morgan fingerprint density at radius 2 is 1.92 bits per heavy atom. The maximum atomic E-state index is 12.6. The molecule has 2 aliphatic rings. The van der Waals surface area contributed by atoms with Crippen LogP contribution in [0.3, 0.4) is 0 Å². The SMILES string of the molecule is CC.CNCCCNC=O.Cc1cc(NC(=O)C2CCC(C)O2)ccn1.Fc1cccc(OC2CC2)c1. The van der Waals surface area contributed by atoms with E-state index >= 15 is 0 Å². The number of halogens is 1. The lowest BCUT2D eigenvalue weighted by atomic mass is 10.2. The summed E-state index contributed by atoms with van der Waals surface area (Å²) < 4.78 is 23.4. The van der Waals surface area contributed by atoms with Crippen LogP contribution < -0.4 is 20.7 Å². The quantitative estimate of drug-likeness (QED) is 0.331. The van der Waals surface area contributed by atoms with Crippen LogP contribution in [0.5, 0.6) is 5.75 Å². The lowest BCUT2D eigenvalue weighted by Gasteiger charge is -2.11. The van der Waals surface area contributed by atoms with Gasteiger partial charge in [-0.15, -0.1) is 0 Å². The maximum absolute atomic E-state index is 12.6. The fourth-order valence-corrected chi connectivity index (χ4v) is 3.19. The van der Waals surface area contributed by atoms with E-state index in [1.54, 1.807) is 24.4 Å². The van der Waals surface area contributed by atoms with E-state index in [4.69, 9.17) is 9.47 Å². The van der Waals surface area contributed by atoms with Crippen LogP contribution in [0.15, 0.2) is 42.6 Å². The molecule has 0 radical (unpaired) electrons. The van der Waals surface area contributed by atoms with E-state index < -0.39 is 0 Å². The third-order valence-electron chi connectivity index (χ3n) is 5.14. The van der Waals surface area contributed by atoms with E-state index in [-0.39, 0.29) is 23.9 Å². The Bertz CT molecular complexity index is 911. The first kappa shape index (κ1) is 32.0. The molecule has 2 atom stereocenters. The largest absolute Gasteiger partial charge is 0.490 e. The van der Waals surface area contributed by atoms with E-state index in [1.807, 2.05) is 40.8 Å². The van der Waals surface area contributed by atoms with E-state index in [0.29, 0.717) is 11.9 Å². The molecule has 4 rings (SSSR count). The zero-order valence-electron chi connectivity index (χ0n) is 22.8. The number of hydrogen-bond acceptors (Lipinski definition) is 6. The number of benzene rings is 1. The minimum atomic E-state index is -0.302. The summed E-state index contributed by atoms with van der Waals surface area (Å²) >= 11 is 0. The second kappa shape index (κ2) is 19.1. The lowest BCUT2D eigenvalue weighted by molar-refractivity contribution is -0.126. The predicted molar refractivity (Wildman–Crippen MR) is 145 cm³/mol. The van der Waals surface area contributed by atoms with Crippen LogP contribution in [-0.4, -0.2) is 55.8 Å². The number of aryl methyl sites for hydroxylation is 1. The molecule has 1 saturated carbocycles. The number of hydrogen-bond donors (Lipinski definition) is 3. The Morgan fingerprint density at radius 1 is 1.16 bits per heavy atom. The Balaban J connectivity index is 0.000000285. The van der Waals surface area contributed by atoms with Gasteiger partial charge in [-0.05, 0) is 83.8 Å². The van der Waals surface area contributed by atoms with Crippen molar-refractivity contribution in [2.24, 2.45) is 0 Å². The molecular weight excluding hydrogens is 475 g/mol. The normalized spacial score (nSPS) is 17.5. The average Bonchev–Trinajstić information content (AvgIpc) is 3.59. The number of amides is 2. The smallest absolute Gasteiger partial charge is 0.253 e. The Hall–Kier alpha value is -3.04. The summed E-state index contributed by atoms with van der Waals surface area (Å²) in [6, 6.07) is 9.89. The number of nitrogens with zero attached hydrogens (tertiary/aromatic N) is 1. The number of anilines is 1. The van der Waals surface area contributed by atoms with Crippen LogP contribution in [0.4, 0.5) is 10.1 Å². The van der Waals surface area contributed by atoms with Gasteiger partial charge in [0.15, 0.2) is 0 Å². The van der Waals surface area contributed by atoms with Crippen molar-refractivity contribution < 1.29 is 23.5 Å². The molecule has 1 aliphatic heterocycles. The molecule has 1 aromatic heterocycles. The molecule has 2 unspecified atom stereocenters. The molecule has 2 aromatic rings. The molecule has 0 spiro atoms. The number of carbonyl (C=O) groups excluding carboxylic acids is 2. The highest BCUT2D eigenvalue weighted by Gasteiger charge is 2.28. The first-order chi connectivity index (χ1) is 17.9. The number of carbonyl (C=O) groups is 2. The first-order valence-electron chi connectivity index (χ1n) is 13.0. The Labute approximate surface area is 220 Å². The van der Waals surface area contributed by atoms with Crippen LogP contribution in [0.1, 0.15) is 58.6 Å². The molecule has 0 bridgehead atoms. The molecule has 2 fully saturated rings. The Morgan fingerprint density at radius 3 is 2.49 bits per heavy atom. The third-order valence-corrected chi connectivity index (χ3v) is 5.14. The number of nitrogens with one attached hydrogen (secondary N) is 3. The summed E-state index contributed by atoms with van der Waals surface area (Å²) in [5, 5.41) is 8.37. The summed E-state index contributed by atoms with van der Waals surface area (Å²) in [4.78, 5) is 25.5. The highest BCUT2D eigenvalue weighted by molar-refractivity contribution is 5.94. The molecule has 206 valence electrons. The van der Waals surface area contributed by atoms with Crippen molar-refractivity contribution in [3.8, 4) is 5.75 Å². The molecule has 9 heteroatoms. The van der Waals surface area contributed by atoms with Gasteiger partial charge in [0.2, 0.25) is 6.41 Å². The summed E-state index contributed by atoms with van der Waals surface area (Å²) in [5.74, 6) is 0.352. The second-order valence-corrected chi connectivity index (χ2v) is 8.49. The molecule has 37 heavy (non-hydrogen) atoms. The van der Waals surface area contributed by atoms with Gasteiger partial charge in [-0.1, -0.05) is 19.9 Å². The molecule has 1 saturated heterocycles. The standard InChI is InChI=1S/C12H16N2O2.C9H9FO.C5H12N2O.C2H6/c1-8-7-10(5-6-13-8)14-12(15)11-4-3-9(2)16-11;10-7-2-1-3-9(6-7)11-8-4-5-8;1-6-3-2-4-7-5-8;1-2/h5-7,9,11H,3-4H2,1-2H3,(H,13,14,15);1-3,6,8H,4-5H2;5-6H,2-4H2,1H3,(H,7,8);1-2H3. The average molecular weight is 519 g/mol. The van der Waals surface area contributed by atoms with Crippen molar-refractivity contribution in [2.45, 2.75) is 78.1 Å². The van der Waals surface area contributed by atoms with Crippen LogP contribution in [-0.2, 0) is 14.3 Å². The van der Waals surface area contributed by atoms with Crippen LogP contribution in [0.25, 0.3) is 0 Å². The number of aromatic nitrogens is 1. The number of pyridine rings is 1. The topological polar surface area (TPSA) is 102 Å². The van der Waals surface area contributed by atoms with Crippen molar-refractivity contribution in [1.29, 1.82) is 0 Å². The molecule has 1 aliphatic carbocycles. The highest BCUT2D eigenvalue weighted by atomic mass is 19.1. The summed E-state index contributed by atoms with van der Waals surface area (Å²) in [6.45, 7) is 9.61. The Kier molecular flexibility index (Phi) is 16.5. The summed E-state index contributed by atoms with van der Waals surface area (Å²) in [7, 11) is 1.89. The van der Waals surface area contributed by atoms with E-state index in [9.17, 15) is 14.0 Å². The van der Waals surface area contributed by atoms with Crippen LogP contribution >= 0.6 is 0 Å². The minimum Gasteiger partial charge on any atom is -0.490 e. The first-order valence-corrected chi connectivity index (χ1v) is 13.0.